The van der Waals surface area contributed by atoms with E-state index in [0.29, 0.717) is 22.8 Å². The molecule has 3 aliphatic carbocycles. The lowest BCUT2D eigenvalue weighted by atomic mass is 9.45. The number of aliphatic carboxylic acids is 1. The van der Waals surface area contributed by atoms with Gasteiger partial charge in [0.1, 0.15) is 5.82 Å². The van der Waals surface area contributed by atoms with Gasteiger partial charge in [-0.05, 0) is 79.9 Å². The van der Waals surface area contributed by atoms with Crippen molar-refractivity contribution in [1.29, 1.82) is 0 Å². The summed E-state index contributed by atoms with van der Waals surface area (Å²) < 4.78 is 13.7. The van der Waals surface area contributed by atoms with Gasteiger partial charge in [0, 0.05) is 21.9 Å². The number of carbonyl (C=O) groups excluding carboxylic acids is 1. The van der Waals surface area contributed by atoms with Gasteiger partial charge in [0.2, 0.25) is 5.91 Å². The maximum atomic E-state index is 12.8. The summed E-state index contributed by atoms with van der Waals surface area (Å²) in [6.45, 7) is 4.88. The third-order valence-corrected chi connectivity index (χ3v) is 8.13. The number of carboxylic acid groups (broad SMARTS) is 1. The summed E-state index contributed by atoms with van der Waals surface area (Å²) in [5.74, 6) is 1.24. The Morgan fingerprint density at radius 1 is 1.29 bits per heavy atom. The molecule has 1 aromatic carbocycles. The Morgan fingerprint density at radius 3 is 2.71 bits per heavy atom. The standard InChI is InChI=1S/C16H26O2.C9H6FNOS/c1-16(2)13-10-9-12(14(16)11-13)7-5-3-4-6-8-15(17)18;10-5-1-2-8-6(3-5)7(4-13-8)9(11)12/h3,5,12-14H,4,6-11H2,1-2H3,(H,17,18);1-4H,(H2,11,12)/b5-3-;. The molecule has 1 amide bonds. The topological polar surface area (TPSA) is 80.4 Å². The number of unbranched alkanes of at least 4 members (excludes halogenated alkanes) is 1. The Balaban J connectivity index is 0.000000185. The number of fused-ring (bicyclic) bond motifs is 3. The fraction of sp³-hybridized carbons (Fsp3) is 0.520. The van der Waals surface area contributed by atoms with E-state index in [0.717, 1.165) is 35.3 Å². The van der Waals surface area contributed by atoms with Crippen molar-refractivity contribution in [3.05, 3.63) is 47.1 Å². The van der Waals surface area contributed by atoms with Crippen LogP contribution in [0.1, 0.15) is 69.2 Å². The van der Waals surface area contributed by atoms with E-state index < -0.39 is 11.9 Å². The number of hydrogen-bond donors (Lipinski definition) is 2. The van der Waals surface area contributed by atoms with E-state index >= 15 is 0 Å². The van der Waals surface area contributed by atoms with Crippen molar-refractivity contribution in [1.82, 2.24) is 0 Å². The summed E-state index contributed by atoms with van der Waals surface area (Å²) in [6, 6.07) is 4.33. The SMILES string of the molecule is CC1(C)C2CCC(C/C=C\CCCC(=O)O)C1C2.NC(=O)c1csc2ccc(F)cc12. The molecule has 5 rings (SSSR count). The molecule has 6 heteroatoms. The van der Waals surface area contributed by atoms with E-state index in [2.05, 4.69) is 26.0 Å². The summed E-state index contributed by atoms with van der Waals surface area (Å²) >= 11 is 1.38. The smallest absolute Gasteiger partial charge is 0.303 e. The molecule has 4 nitrogen and oxygen atoms in total. The first-order valence-corrected chi connectivity index (χ1v) is 11.9. The molecule has 0 aliphatic heterocycles. The van der Waals surface area contributed by atoms with Crippen molar-refractivity contribution >= 4 is 33.3 Å². The molecule has 3 unspecified atom stereocenters. The highest BCUT2D eigenvalue weighted by atomic mass is 32.1. The van der Waals surface area contributed by atoms with Crippen LogP contribution in [0.25, 0.3) is 10.1 Å². The lowest BCUT2D eigenvalue weighted by Crippen LogP contribution is -2.52. The molecule has 3 saturated carbocycles. The van der Waals surface area contributed by atoms with Gasteiger partial charge in [0.25, 0.3) is 0 Å². The number of benzene rings is 1. The zero-order valence-corrected chi connectivity index (χ0v) is 19.1. The van der Waals surface area contributed by atoms with Crippen molar-refractivity contribution < 1.29 is 19.1 Å². The number of carboxylic acids is 1. The van der Waals surface area contributed by atoms with Crippen molar-refractivity contribution in [2.24, 2.45) is 28.9 Å². The number of amides is 1. The number of carbonyl (C=O) groups is 2. The van der Waals surface area contributed by atoms with Crippen molar-refractivity contribution in [3.63, 3.8) is 0 Å². The summed E-state index contributed by atoms with van der Waals surface area (Å²) in [4.78, 5) is 21.3. The Kier molecular flexibility index (Phi) is 7.52. The van der Waals surface area contributed by atoms with E-state index in [1.165, 1.54) is 49.2 Å². The molecule has 3 fully saturated rings. The van der Waals surface area contributed by atoms with Crippen LogP contribution in [-0.2, 0) is 4.79 Å². The predicted octanol–water partition coefficient (Wildman–Crippen LogP) is 6.40. The molecule has 168 valence electrons. The third-order valence-electron chi connectivity index (χ3n) is 7.17. The van der Waals surface area contributed by atoms with Gasteiger partial charge in [0.15, 0.2) is 0 Å². The summed E-state index contributed by atoms with van der Waals surface area (Å²) in [5.41, 5.74) is 6.09. The van der Waals surface area contributed by atoms with Crippen LogP contribution in [0.3, 0.4) is 0 Å². The number of allylic oxidation sites excluding steroid dienone is 2. The average molecular weight is 446 g/mol. The van der Waals surface area contributed by atoms with Crippen LogP contribution in [-0.4, -0.2) is 17.0 Å². The fourth-order valence-corrected chi connectivity index (χ4v) is 6.13. The van der Waals surface area contributed by atoms with Crippen LogP contribution in [0.4, 0.5) is 4.39 Å². The quantitative estimate of drug-likeness (QED) is 0.382. The molecule has 0 spiro atoms. The zero-order valence-electron chi connectivity index (χ0n) is 18.3. The van der Waals surface area contributed by atoms with Gasteiger partial charge in [-0.3, -0.25) is 9.59 Å². The Morgan fingerprint density at radius 2 is 2.06 bits per heavy atom. The third kappa shape index (κ3) is 5.53. The molecule has 3 N–H and O–H groups in total. The molecular formula is C25H32FNO3S. The van der Waals surface area contributed by atoms with Gasteiger partial charge in [-0.15, -0.1) is 11.3 Å². The Bertz CT molecular complexity index is 963. The van der Waals surface area contributed by atoms with Crippen molar-refractivity contribution in [3.8, 4) is 0 Å². The van der Waals surface area contributed by atoms with Crippen LogP contribution in [0.15, 0.2) is 35.7 Å². The molecule has 0 radical (unpaired) electrons. The first-order valence-electron chi connectivity index (χ1n) is 11.0. The lowest BCUT2D eigenvalue weighted by Gasteiger charge is -2.60. The van der Waals surface area contributed by atoms with Gasteiger partial charge in [-0.25, -0.2) is 4.39 Å². The number of halogens is 1. The first kappa shape index (κ1) is 23.5. The first-order chi connectivity index (χ1) is 14.7. The number of primary amides is 1. The van der Waals surface area contributed by atoms with Crippen LogP contribution in [0, 0.1) is 29.0 Å². The molecule has 1 heterocycles. The average Bonchev–Trinajstić information content (AvgIpc) is 3.14. The second kappa shape index (κ2) is 9.94. The summed E-state index contributed by atoms with van der Waals surface area (Å²) in [6.07, 6.45) is 11.9. The normalized spacial score (nSPS) is 23.8. The monoisotopic (exact) mass is 445 g/mol. The van der Waals surface area contributed by atoms with Gasteiger partial charge >= 0.3 is 5.97 Å². The molecule has 1 aromatic heterocycles. The molecule has 3 aliphatic rings. The van der Waals surface area contributed by atoms with E-state index in [4.69, 9.17) is 10.8 Å². The largest absolute Gasteiger partial charge is 0.481 e. The highest BCUT2D eigenvalue weighted by Gasteiger charge is 2.53. The van der Waals surface area contributed by atoms with E-state index in [1.54, 1.807) is 11.4 Å². The fourth-order valence-electron chi connectivity index (χ4n) is 5.20. The zero-order chi connectivity index (χ0) is 22.6. The molecule has 31 heavy (non-hydrogen) atoms. The van der Waals surface area contributed by atoms with E-state index in [1.807, 2.05) is 0 Å². The molecule has 2 bridgehead atoms. The minimum atomic E-state index is -0.682. The van der Waals surface area contributed by atoms with Gasteiger partial charge < -0.3 is 10.8 Å². The predicted molar refractivity (Wildman–Crippen MR) is 124 cm³/mol. The second-order valence-electron chi connectivity index (χ2n) is 9.35. The van der Waals surface area contributed by atoms with E-state index in [9.17, 15) is 14.0 Å². The lowest BCUT2D eigenvalue weighted by molar-refractivity contribution is -0.137. The number of nitrogens with two attached hydrogens (primary N) is 1. The Labute approximate surface area is 187 Å². The molecular weight excluding hydrogens is 413 g/mol. The van der Waals surface area contributed by atoms with Gasteiger partial charge in [-0.2, -0.15) is 0 Å². The number of rotatable bonds is 7. The van der Waals surface area contributed by atoms with E-state index in [-0.39, 0.29) is 5.82 Å². The van der Waals surface area contributed by atoms with Crippen molar-refractivity contribution in [2.75, 3.05) is 0 Å². The van der Waals surface area contributed by atoms with Crippen LogP contribution >= 0.6 is 11.3 Å². The minimum Gasteiger partial charge on any atom is -0.481 e. The summed E-state index contributed by atoms with van der Waals surface area (Å²) in [5, 5.41) is 10.8. The highest BCUT2D eigenvalue weighted by molar-refractivity contribution is 7.17. The molecule has 2 aromatic rings. The van der Waals surface area contributed by atoms with Crippen molar-refractivity contribution in [2.45, 2.75) is 58.8 Å². The van der Waals surface area contributed by atoms with Crippen LogP contribution in [0.5, 0.6) is 0 Å². The molecule has 0 saturated heterocycles. The minimum absolute atomic E-state index is 0.297. The molecule has 3 atom stereocenters. The summed E-state index contributed by atoms with van der Waals surface area (Å²) in [7, 11) is 0. The van der Waals surface area contributed by atoms with Crippen LogP contribution < -0.4 is 5.73 Å². The maximum Gasteiger partial charge on any atom is 0.303 e. The number of thiophene rings is 1. The van der Waals surface area contributed by atoms with Crippen LogP contribution in [0.2, 0.25) is 0 Å². The number of hydrogen-bond acceptors (Lipinski definition) is 3. The maximum absolute atomic E-state index is 12.8. The second-order valence-corrected chi connectivity index (χ2v) is 10.3. The van der Waals surface area contributed by atoms with Gasteiger partial charge in [-0.1, -0.05) is 26.0 Å². The Hall–Kier alpha value is -2.21. The van der Waals surface area contributed by atoms with Gasteiger partial charge in [0.05, 0.1) is 5.56 Å². The highest BCUT2D eigenvalue weighted by Crippen LogP contribution is 2.62.